The quantitative estimate of drug-likeness (QED) is 0.857. The van der Waals surface area contributed by atoms with Crippen LogP contribution >= 0.6 is 22.6 Å². The predicted molar refractivity (Wildman–Crippen MR) is 68.9 cm³/mol. The van der Waals surface area contributed by atoms with Crippen molar-refractivity contribution in [1.29, 1.82) is 0 Å². The van der Waals surface area contributed by atoms with E-state index in [-0.39, 0.29) is 0 Å². The second-order valence-electron chi connectivity index (χ2n) is 4.03. The Bertz CT molecular complexity index is 307. The first-order valence-electron chi connectivity index (χ1n) is 4.87. The van der Waals surface area contributed by atoms with E-state index in [4.69, 9.17) is 0 Å². The Morgan fingerprint density at radius 2 is 1.93 bits per heavy atom. The lowest BCUT2D eigenvalue weighted by Crippen LogP contribution is -2.39. The molecule has 0 amide bonds. The number of anilines is 1. The van der Waals surface area contributed by atoms with Gasteiger partial charge in [-0.2, -0.15) is 0 Å². The third-order valence-electron chi connectivity index (χ3n) is 1.85. The van der Waals surface area contributed by atoms with Crippen LogP contribution in [0.4, 0.5) is 5.95 Å². The zero-order valence-electron chi connectivity index (χ0n) is 9.24. The van der Waals surface area contributed by atoms with Crippen LogP contribution in [0.15, 0.2) is 12.4 Å². The SMILES string of the molecule is CCN(CC(C)(C)O)c1ncc(I)cn1. The van der Waals surface area contributed by atoms with Gasteiger partial charge in [0.15, 0.2) is 0 Å². The fraction of sp³-hybridized carbons (Fsp3) is 0.600. The summed E-state index contributed by atoms with van der Waals surface area (Å²) in [6, 6.07) is 0. The second-order valence-corrected chi connectivity index (χ2v) is 5.27. The molecule has 0 bridgehead atoms. The van der Waals surface area contributed by atoms with Crippen molar-refractivity contribution in [3.05, 3.63) is 16.0 Å². The molecule has 0 saturated carbocycles. The fourth-order valence-electron chi connectivity index (χ4n) is 1.26. The Morgan fingerprint density at radius 3 is 2.33 bits per heavy atom. The molecule has 84 valence electrons. The van der Waals surface area contributed by atoms with E-state index in [0.717, 1.165) is 10.1 Å². The Hall–Kier alpha value is -0.430. The summed E-state index contributed by atoms with van der Waals surface area (Å²) in [6.45, 7) is 6.90. The van der Waals surface area contributed by atoms with Gasteiger partial charge in [-0.1, -0.05) is 0 Å². The normalized spacial score (nSPS) is 11.5. The van der Waals surface area contributed by atoms with Crippen LogP contribution in [0.2, 0.25) is 0 Å². The van der Waals surface area contributed by atoms with E-state index in [1.165, 1.54) is 0 Å². The molecule has 1 rings (SSSR count). The van der Waals surface area contributed by atoms with Gasteiger partial charge in [0.05, 0.1) is 5.60 Å². The van der Waals surface area contributed by atoms with Gasteiger partial charge in [-0.15, -0.1) is 0 Å². The molecule has 0 aromatic carbocycles. The van der Waals surface area contributed by atoms with Crippen LogP contribution in [0.3, 0.4) is 0 Å². The first-order valence-corrected chi connectivity index (χ1v) is 5.95. The van der Waals surface area contributed by atoms with Crippen molar-refractivity contribution < 1.29 is 5.11 Å². The smallest absolute Gasteiger partial charge is 0.225 e. The fourth-order valence-corrected chi connectivity index (χ4v) is 1.54. The van der Waals surface area contributed by atoms with Gasteiger partial charge in [-0.25, -0.2) is 9.97 Å². The highest BCUT2D eigenvalue weighted by Gasteiger charge is 2.18. The number of aromatic nitrogens is 2. The van der Waals surface area contributed by atoms with E-state index >= 15 is 0 Å². The van der Waals surface area contributed by atoms with Crippen molar-refractivity contribution in [3.8, 4) is 0 Å². The maximum atomic E-state index is 9.74. The Morgan fingerprint density at radius 1 is 1.40 bits per heavy atom. The van der Waals surface area contributed by atoms with E-state index in [0.29, 0.717) is 12.5 Å². The number of aliphatic hydroxyl groups is 1. The first-order chi connectivity index (χ1) is 6.92. The molecule has 0 radical (unpaired) electrons. The van der Waals surface area contributed by atoms with Crippen LogP contribution in [0, 0.1) is 3.57 Å². The monoisotopic (exact) mass is 321 g/mol. The van der Waals surface area contributed by atoms with Crippen LogP contribution in [0.1, 0.15) is 20.8 Å². The zero-order chi connectivity index (χ0) is 11.5. The lowest BCUT2D eigenvalue weighted by atomic mass is 10.1. The molecular formula is C10H16IN3O. The minimum Gasteiger partial charge on any atom is -0.389 e. The van der Waals surface area contributed by atoms with Crippen molar-refractivity contribution in [3.63, 3.8) is 0 Å². The minimum absolute atomic E-state index is 0.532. The average molecular weight is 321 g/mol. The number of hydrogen-bond donors (Lipinski definition) is 1. The van der Waals surface area contributed by atoms with Crippen molar-refractivity contribution in [2.24, 2.45) is 0 Å². The molecule has 15 heavy (non-hydrogen) atoms. The molecule has 0 saturated heterocycles. The van der Waals surface area contributed by atoms with Crippen LogP contribution < -0.4 is 4.90 Å². The minimum atomic E-state index is -0.734. The lowest BCUT2D eigenvalue weighted by molar-refractivity contribution is 0.0872. The largest absolute Gasteiger partial charge is 0.389 e. The van der Waals surface area contributed by atoms with Gasteiger partial charge in [0.25, 0.3) is 0 Å². The highest BCUT2D eigenvalue weighted by molar-refractivity contribution is 14.1. The van der Waals surface area contributed by atoms with E-state index < -0.39 is 5.60 Å². The molecule has 0 aliphatic heterocycles. The molecule has 5 heteroatoms. The lowest BCUT2D eigenvalue weighted by Gasteiger charge is -2.27. The number of nitrogens with zero attached hydrogens (tertiary/aromatic N) is 3. The summed E-state index contributed by atoms with van der Waals surface area (Å²) in [5.41, 5.74) is -0.734. The number of likely N-dealkylation sites (N-methyl/N-ethyl adjacent to an activating group) is 1. The summed E-state index contributed by atoms with van der Waals surface area (Å²) in [7, 11) is 0. The molecule has 0 atom stereocenters. The predicted octanol–water partition coefficient (Wildman–Crippen LogP) is 1.68. The summed E-state index contributed by atoms with van der Waals surface area (Å²) >= 11 is 2.17. The summed E-state index contributed by atoms with van der Waals surface area (Å²) < 4.78 is 1.01. The molecule has 4 nitrogen and oxygen atoms in total. The van der Waals surface area contributed by atoms with Crippen LogP contribution in [-0.2, 0) is 0 Å². The van der Waals surface area contributed by atoms with E-state index in [1.54, 1.807) is 26.2 Å². The zero-order valence-corrected chi connectivity index (χ0v) is 11.4. The molecule has 0 fully saturated rings. The third-order valence-corrected chi connectivity index (χ3v) is 2.41. The second kappa shape index (κ2) is 5.07. The van der Waals surface area contributed by atoms with E-state index in [2.05, 4.69) is 32.6 Å². The highest BCUT2D eigenvalue weighted by atomic mass is 127. The van der Waals surface area contributed by atoms with Crippen LogP contribution in [0.5, 0.6) is 0 Å². The number of hydrogen-bond acceptors (Lipinski definition) is 4. The summed E-state index contributed by atoms with van der Waals surface area (Å²) in [4.78, 5) is 10.4. The molecule has 0 aliphatic rings. The molecule has 0 spiro atoms. The maximum Gasteiger partial charge on any atom is 0.225 e. The molecule has 0 aliphatic carbocycles. The first kappa shape index (κ1) is 12.6. The molecule has 1 aromatic rings. The topological polar surface area (TPSA) is 49.2 Å². The average Bonchev–Trinajstić information content (AvgIpc) is 2.14. The number of halogens is 1. The molecule has 1 aromatic heterocycles. The van der Waals surface area contributed by atoms with Crippen LogP contribution in [0.25, 0.3) is 0 Å². The summed E-state index contributed by atoms with van der Waals surface area (Å²) in [6.07, 6.45) is 3.55. The molecule has 1 heterocycles. The van der Waals surface area contributed by atoms with Crippen LogP contribution in [-0.4, -0.2) is 33.8 Å². The van der Waals surface area contributed by atoms with Gasteiger partial charge in [0.1, 0.15) is 0 Å². The third kappa shape index (κ3) is 4.29. The van der Waals surface area contributed by atoms with Gasteiger partial charge in [-0.3, -0.25) is 0 Å². The Balaban J connectivity index is 2.79. The highest BCUT2D eigenvalue weighted by Crippen LogP contribution is 2.12. The van der Waals surface area contributed by atoms with Gasteiger partial charge in [0, 0.05) is 29.1 Å². The molecule has 1 N–H and O–H groups in total. The molecular weight excluding hydrogens is 305 g/mol. The van der Waals surface area contributed by atoms with Gasteiger partial charge in [-0.05, 0) is 43.4 Å². The van der Waals surface area contributed by atoms with Crippen molar-refractivity contribution in [2.75, 3.05) is 18.0 Å². The van der Waals surface area contributed by atoms with Crippen molar-refractivity contribution >= 4 is 28.5 Å². The van der Waals surface area contributed by atoms with Crippen molar-refractivity contribution in [1.82, 2.24) is 9.97 Å². The molecule has 0 unspecified atom stereocenters. The standard InChI is InChI=1S/C10H16IN3O/c1-4-14(7-10(2,3)15)9-12-5-8(11)6-13-9/h5-6,15H,4,7H2,1-3H3. The summed E-state index contributed by atoms with van der Waals surface area (Å²) in [5, 5.41) is 9.74. The summed E-state index contributed by atoms with van der Waals surface area (Å²) in [5.74, 6) is 0.667. The van der Waals surface area contributed by atoms with Gasteiger partial charge >= 0.3 is 0 Å². The van der Waals surface area contributed by atoms with Crippen molar-refractivity contribution in [2.45, 2.75) is 26.4 Å². The van der Waals surface area contributed by atoms with Gasteiger partial charge < -0.3 is 10.0 Å². The van der Waals surface area contributed by atoms with E-state index in [1.807, 2.05) is 11.8 Å². The van der Waals surface area contributed by atoms with E-state index in [9.17, 15) is 5.11 Å². The Kier molecular flexibility index (Phi) is 4.27. The Labute approximate surface area is 104 Å². The number of rotatable bonds is 4. The maximum absolute atomic E-state index is 9.74. The van der Waals surface area contributed by atoms with Gasteiger partial charge in [0.2, 0.25) is 5.95 Å².